The van der Waals surface area contributed by atoms with Crippen LogP contribution in [0.25, 0.3) is 0 Å². The Bertz CT molecular complexity index is 825. The van der Waals surface area contributed by atoms with E-state index < -0.39 is 34.5 Å². The largest absolute Gasteiger partial charge is 0.495 e. The third kappa shape index (κ3) is 4.62. The van der Waals surface area contributed by atoms with Crippen molar-refractivity contribution in [2.45, 2.75) is 43.2 Å². The van der Waals surface area contributed by atoms with Crippen molar-refractivity contribution < 1.29 is 32.6 Å². The number of hydrogen-bond acceptors (Lipinski definition) is 7. The molecule has 1 fully saturated rings. The summed E-state index contributed by atoms with van der Waals surface area (Å²) in [5.41, 5.74) is 0.0198. The Labute approximate surface area is 164 Å². The molecule has 1 aliphatic heterocycles. The van der Waals surface area contributed by atoms with Crippen molar-refractivity contribution in [1.29, 1.82) is 0 Å². The fourth-order valence-electron chi connectivity index (χ4n) is 3.14. The maximum absolute atomic E-state index is 13.2. The van der Waals surface area contributed by atoms with Crippen LogP contribution in [0, 0.1) is 0 Å². The third-order valence-electron chi connectivity index (χ3n) is 4.73. The van der Waals surface area contributed by atoms with Gasteiger partial charge in [-0.3, -0.25) is 4.79 Å². The summed E-state index contributed by atoms with van der Waals surface area (Å²) in [6.45, 7) is 1.60. The zero-order valence-electron chi connectivity index (χ0n) is 16.2. The molecule has 0 aliphatic carbocycles. The summed E-state index contributed by atoms with van der Waals surface area (Å²) >= 11 is 0. The molecule has 0 aromatic heterocycles. The highest BCUT2D eigenvalue weighted by atomic mass is 32.2. The van der Waals surface area contributed by atoms with E-state index in [0.29, 0.717) is 6.54 Å². The Balaban J connectivity index is 2.38. The second kappa shape index (κ2) is 9.35. The topological polar surface area (TPSA) is 122 Å². The molecule has 1 aliphatic rings. The Morgan fingerprint density at radius 2 is 2.04 bits per heavy atom. The first kappa shape index (κ1) is 22.1. The monoisotopic (exact) mass is 414 g/mol. The Morgan fingerprint density at radius 3 is 2.61 bits per heavy atom. The number of rotatable bonds is 7. The zero-order valence-corrected chi connectivity index (χ0v) is 17.0. The number of piperidine rings is 1. The smallest absolute Gasteiger partial charge is 0.330 e. The van der Waals surface area contributed by atoms with Crippen LogP contribution < -0.4 is 10.1 Å². The molecule has 2 N–H and O–H groups in total. The zero-order chi connectivity index (χ0) is 20.9. The summed E-state index contributed by atoms with van der Waals surface area (Å²) < 4.78 is 37.5. The molecule has 10 heteroatoms. The minimum atomic E-state index is -3.88. The van der Waals surface area contributed by atoms with Crippen LogP contribution in [-0.4, -0.2) is 69.2 Å². The lowest BCUT2D eigenvalue weighted by molar-refractivity contribution is -0.143. The molecule has 9 nitrogen and oxygen atoms in total. The van der Waals surface area contributed by atoms with E-state index in [1.54, 1.807) is 0 Å². The fourth-order valence-corrected chi connectivity index (χ4v) is 5.02. The number of methoxy groups -OCH3 is 2. The predicted molar refractivity (Wildman–Crippen MR) is 101 cm³/mol. The molecule has 156 valence electrons. The molecule has 1 saturated heterocycles. The number of ether oxygens (including phenoxy) is 2. The van der Waals surface area contributed by atoms with Gasteiger partial charge in [-0.2, -0.15) is 4.31 Å². The molecule has 0 spiro atoms. The number of amides is 1. The van der Waals surface area contributed by atoms with Crippen LogP contribution in [0.1, 0.15) is 36.5 Å². The summed E-state index contributed by atoms with van der Waals surface area (Å²) in [4.78, 5) is 23.9. The molecular formula is C18H26N2O7S. The van der Waals surface area contributed by atoms with Crippen LogP contribution in [0.15, 0.2) is 23.1 Å². The van der Waals surface area contributed by atoms with Gasteiger partial charge in [-0.05, 0) is 38.0 Å². The van der Waals surface area contributed by atoms with Crippen molar-refractivity contribution in [1.82, 2.24) is 9.62 Å². The second-order valence-corrected chi connectivity index (χ2v) is 8.42. The highest BCUT2D eigenvalue weighted by Gasteiger charge is 2.34. The van der Waals surface area contributed by atoms with Crippen LogP contribution in [0.2, 0.25) is 0 Å². The molecule has 28 heavy (non-hydrogen) atoms. The van der Waals surface area contributed by atoms with E-state index in [0.717, 1.165) is 26.4 Å². The van der Waals surface area contributed by atoms with E-state index in [1.165, 1.54) is 29.6 Å². The van der Waals surface area contributed by atoms with E-state index in [1.807, 2.05) is 6.92 Å². The molecule has 1 aromatic rings. The van der Waals surface area contributed by atoms with Gasteiger partial charge in [-0.1, -0.05) is 6.42 Å². The van der Waals surface area contributed by atoms with Gasteiger partial charge < -0.3 is 19.9 Å². The lowest BCUT2D eigenvalue weighted by atomic mass is 10.1. The maximum atomic E-state index is 13.2. The Morgan fingerprint density at radius 1 is 1.32 bits per heavy atom. The Kier molecular flexibility index (Phi) is 7.39. The molecule has 2 atom stereocenters. The average Bonchev–Trinajstić information content (AvgIpc) is 2.70. The number of aliphatic hydroxyl groups excluding tert-OH is 1. The van der Waals surface area contributed by atoms with Crippen LogP contribution in [0.5, 0.6) is 5.75 Å². The van der Waals surface area contributed by atoms with Crippen molar-refractivity contribution in [3.05, 3.63) is 23.8 Å². The predicted octanol–water partition coefficient (Wildman–Crippen LogP) is 0.522. The summed E-state index contributed by atoms with van der Waals surface area (Å²) in [6.07, 6.45) is 2.49. The Hall–Kier alpha value is -2.17. The number of sulfonamides is 1. The van der Waals surface area contributed by atoms with Gasteiger partial charge in [0.2, 0.25) is 10.0 Å². The molecule has 1 amide bonds. The molecule has 0 bridgehead atoms. The molecule has 1 aromatic carbocycles. The average molecular weight is 414 g/mol. The van der Waals surface area contributed by atoms with Crippen molar-refractivity contribution in [2.75, 3.05) is 27.4 Å². The number of aliphatic hydroxyl groups is 1. The van der Waals surface area contributed by atoms with E-state index in [4.69, 9.17) is 4.74 Å². The van der Waals surface area contributed by atoms with E-state index in [2.05, 4.69) is 10.1 Å². The van der Waals surface area contributed by atoms with E-state index in [-0.39, 0.29) is 22.3 Å². The summed E-state index contributed by atoms with van der Waals surface area (Å²) in [6, 6.07) is 2.60. The SMILES string of the molecule is COC(=O)[C@H](CO)NC(=O)c1ccc(OC)c(S(=O)(=O)N2CCCC[C@@H]2C)c1. The van der Waals surface area contributed by atoms with Gasteiger partial charge in [-0.15, -0.1) is 0 Å². The van der Waals surface area contributed by atoms with E-state index in [9.17, 15) is 23.1 Å². The molecule has 0 radical (unpaired) electrons. The number of carbonyl (C=O) groups is 2. The van der Waals surface area contributed by atoms with Gasteiger partial charge in [-0.25, -0.2) is 13.2 Å². The van der Waals surface area contributed by atoms with E-state index >= 15 is 0 Å². The molecule has 1 heterocycles. The summed E-state index contributed by atoms with van der Waals surface area (Å²) in [5, 5.41) is 11.6. The lowest BCUT2D eigenvalue weighted by Gasteiger charge is -2.32. The van der Waals surface area contributed by atoms with Gasteiger partial charge in [0.05, 0.1) is 20.8 Å². The van der Waals surface area contributed by atoms with Crippen LogP contribution in [-0.2, 0) is 19.6 Å². The minimum Gasteiger partial charge on any atom is -0.495 e. The summed E-state index contributed by atoms with van der Waals surface area (Å²) in [7, 11) is -1.39. The third-order valence-corrected chi connectivity index (χ3v) is 6.76. The first-order chi connectivity index (χ1) is 13.3. The lowest BCUT2D eigenvalue weighted by Crippen LogP contribution is -2.44. The highest BCUT2D eigenvalue weighted by Crippen LogP contribution is 2.31. The number of benzene rings is 1. The standard InChI is InChI=1S/C18H26N2O7S/c1-12-6-4-5-9-20(12)28(24,25)16-10-13(7-8-15(16)26-2)17(22)19-14(11-21)18(23)27-3/h7-8,10,12,14,21H,4-6,9,11H2,1-3H3,(H,19,22)/t12-,14-/m0/s1. The minimum absolute atomic E-state index is 0.0198. The van der Waals surface area contributed by atoms with Crippen molar-refractivity contribution in [3.63, 3.8) is 0 Å². The molecule has 0 unspecified atom stereocenters. The van der Waals surface area contributed by atoms with Crippen LogP contribution >= 0.6 is 0 Å². The highest BCUT2D eigenvalue weighted by molar-refractivity contribution is 7.89. The maximum Gasteiger partial charge on any atom is 0.330 e. The van der Waals surface area contributed by atoms with Crippen LogP contribution in [0.3, 0.4) is 0 Å². The molecule has 0 saturated carbocycles. The molecule has 2 rings (SSSR count). The van der Waals surface area contributed by atoms with Gasteiger partial charge in [0.25, 0.3) is 5.91 Å². The number of nitrogens with one attached hydrogen (secondary N) is 1. The first-order valence-electron chi connectivity index (χ1n) is 8.95. The van der Waals surface area contributed by atoms with Crippen molar-refractivity contribution >= 4 is 21.9 Å². The van der Waals surface area contributed by atoms with Crippen molar-refractivity contribution in [2.24, 2.45) is 0 Å². The van der Waals surface area contributed by atoms with Crippen LogP contribution in [0.4, 0.5) is 0 Å². The van der Waals surface area contributed by atoms with Gasteiger partial charge in [0.1, 0.15) is 10.6 Å². The number of nitrogens with zero attached hydrogens (tertiary/aromatic N) is 1. The number of esters is 1. The number of hydrogen-bond donors (Lipinski definition) is 2. The normalized spacial score (nSPS) is 18.9. The van der Waals surface area contributed by atoms with Gasteiger partial charge in [0, 0.05) is 18.2 Å². The molecular weight excluding hydrogens is 388 g/mol. The summed E-state index contributed by atoms with van der Waals surface area (Å²) in [5.74, 6) is -1.39. The first-order valence-corrected chi connectivity index (χ1v) is 10.4. The van der Waals surface area contributed by atoms with Crippen molar-refractivity contribution in [3.8, 4) is 5.75 Å². The quantitative estimate of drug-likeness (QED) is 0.624. The second-order valence-electron chi connectivity index (χ2n) is 6.56. The fraction of sp³-hybridized carbons (Fsp3) is 0.556. The van der Waals surface area contributed by atoms with Gasteiger partial charge >= 0.3 is 5.97 Å². The van der Waals surface area contributed by atoms with Gasteiger partial charge in [0.15, 0.2) is 6.04 Å². The number of carbonyl (C=O) groups excluding carboxylic acids is 2.